The Morgan fingerprint density at radius 2 is 1.75 bits per heavy atom. The SMILES string of the molecule is CC(C)(C)c1cnn(-c2ncc(Cl)cn2)c1. The predicted octanol–water partition coefficient (Wildman–Crippen LogP) is 2.61. The van der Waals surface area contributed by atoms with Crippen LogP contribution in [0.3, 0.4) is 0 Å². The lowest BCUT2D eigenvalue weighted by Crippen LogP contribution is -2.09. The van der Waals surface area contributed by atoms with E-state index in [1.807, 2.05) is 12.4 Å². The Bertz CT molecular complexity index is 481. The third-order valence-corrected chi connectivity index (χ3v) is 2.46. The number of rotatable bonds is 1. The molecular weight excluding hydrogens is 224 g/mol. The third kappa shape index (κ3) is 2.22. The second-order valence-corrected chi connectivity index (χ2v) is 5.06. The van der Waals surface area contributed by atoms with Crippen molar-refractivity contribution in [3.63, 3.8) is 0 Å². The average Bonchev–Trinajstić information content (AvgIpc) is 2.67. The number of aromatic nitrogens is 4. The first-order valence-corrected chi connectivity index (χ1v) is 5.38. The molecule has 0 spiro atoms. The molecule has 2 aromatic rings. The lowest BCUT2D eigenvalue weighted by Gasteiger charge is -2.14. The van der Waals surface area contributed by atoms with Crippen molar-refractivity contribution < 1.29 is 0 Å². The Morgan fingerprint density at radius 1 is 1.12 bits per heavy atom. The van der Waals surface area contributed by atoms with Crippen LogP contribution in [-0.4, -0.2) is 19.7 Å². The highest BCUT2D eigenvalue weighted by molar-refractivity contribution is 6.30. The highest BCUT2D eigenvalue weighted by atomic mass is 35.5. The van der Waals surface area contributed by atoms with Gasteiger partial charge < -0.3 is 0 Å². The summed E-state index contributed by atoms with van der Waals surface area (Å²) in [6.45, 7) is 6.41. The summed E-state index contributed by atoms with van der Waals surface area (Å²) in [7, 11) is 0. The molecular formula is C11H13ClN4. The molecule has 0 aliphatic carbocycles. The van der Waals surface area contributed by atoms with E-state index in [4.69, 9.17) is 11.6 Å². The Labute approximate surface area is 99.3 Å². The molecule has 5 heteroatoms. The van der Waals surface area contributed by atoms with Gasteiger partial charge in [-0.3, -0.25) is 0 Å². The fourth-order valence-corrected chi connectivity index (χ4v) is 1.34. The largest absolute Gasteiger partial charge is 0.250 e. The van der Waals surface area contributed by atoms with E-state index >= 15 is 0 Å². The smallest absolute Gasteiger partial charge is 0.218 e. The number of hydrogen-bond donors (Lipinski definition) is 0. The molecule has 0 unspecified atom stereocenters. The van der Waals surface area contributed by atoms with E-state index in [9.17, 15) is 0 Å². The van der Waals surface area contributed by atoms with Crippen LogP contribution < -0.4 is 0 Å². The van der Waals surface area contributed by atoms with Crippen molar-refractivity contribution in [3.8, 4) is 5.95 Å². The van der Waals surface area contributed by atoms with Gasteiger partial charge >= 0.3 is 0 Å². The van der Waals surface area contributed by atoms with Gasteiger partial charge in [0.25, 0.3) is 5.95 Å². The molecule has 4 nitrogen and oxygen atoms in total. The highest BCUT2D eigenvalue weighted by Gasteiger charge is 2.16. The van der Waals surface area contributed by atoms with Crippen LogP contribution in [-0.2, 0) is 5.41 Å². The van der Waals surface area contributed by atoms with Crippen molar-refractivity contribution in [1.82, 2.24) is 19.7 Å². The standard InChI is InChI=1S/C11H13ClN4/c1-11(2,3)8-4-15-16(7-8)10-13-5-9(12)6-14-10/h4-7H,1-3H3. The summed E-state index contributed by atoms with van der Waals surface area (Å²) in [6, 6.07) is 0. The number of nitrogens with zero attached hydrogens (tertiary/aromatic N) is 4. The minimum atomic E-state index is 0.0741. The second-order valence-electron chi connectivity index (χ2n) is 4.62. The monoisotopic (exact) mass is 236 g/mol. The quantitative estimate of drug-likeness (QED) is 0.765. The topological polar surface area (TPSA) is 43.6 Å². The molecule has 0 N–H and O–H groups in total. The van der Waals surface area contributed by atoms with E-state index in [1.165, 1.54) is 0 Å². The molecule has 0 aliphatic rings. The van der Waals surface area contributed by atoms with Crippen molar-refractivity contribution in [2.24, 2.45) is 0 Å². The number of hydrogen-bond acceptors (Lipinski definition) is 3. The van der Waals surface area contributed by atoms with Gasteiger partial charge in [-0.15, -0.1) is 0 Å². The molecule has 2 heterocycles. The zero-order chi connectivity index (χ0) is 11.8. The first-order valence-electron chi connectivity index (χ1n) is 5.00. The molecule has 0 aromatic carbocycles. The fraction of sp³-hybridized carbons (Fsp3) is 0.364. The molecule has 0 radical (unpaired) electrons. The van der Waals surface area contributed by atoms with Crippen molar-refractivity contribution in [3.05, 3.63) is 35.4 Å². The molecule has 0 saturated heterocycles. The first-order chi connectivity index (χ1) is 7.47. The zero-order valence-corrected chi connectivity index (χ0v) is 10.2. The van der Waals surface area contributed by atoms with E-state index in [1.54, 1.807) is 17.1 Å². The van der Waals surface area contributed by atoms with Gasteiger partial charge in [0.2, 0.25) is 0 Å². The summed E-state index contributed by atoms with van der Waals surface area (Å²) in [5.41, 5.74) is 1.22. The number of halogens is 1. The van der Waals surface area contributed by atoms with Gasteiger partial charge in [0.15, 0.2) is 0 Å². The van der Waals surface area contributed by atoms with Crippen molar-refractivity contribution >= 4 is 11.6 Å². The molecule has 2 aromatic heterocycles. The average molecular weight is 237 g/mol. The summed E-state index contributed by atoms with van der Waals surface area (Å²) in [5.74, 6) is 0.528. The van der Waals surface area contributed by atoms with Crippen LogP contribution in [0.5, 0.6) is 0 Å². The fourth-order valence-electron chi connectivity index (χ4n) is 1.24. The van der Waals surface area contributed by atoms with Crippen LogP contribution in [0.1, 0.15) is 26.3 Å². The maximum Gasteiger partial charge on any atom is 0.250 e. The lowest BCUT2D eigenvalue weighted by molar-refractivity contribution is 0.590. The van der Waals surface area contributed by atoms with Gasteiger partial charge in [0.05, 0.1) is 23.6 Å². The molecule has 16 heavy (non-hydrogen) atoms. The van der Waals surface area contributed by atoms with E-state index in [0.717, 1.165) is 5.56 Å². The predicted molar refractivity (Wildman–Crippen MR) is 62.9 cm³/mol. The van der Waals surface area contributed by atoms with Gasteiger partial charge in [0.1, 0.15) is 0 Å². The summed E-state index contributed by atoms with van der Waals surface area (Å²) in [5, 5.41) is 4.75. The summed E-state index contributed by atoms with van der Waals surface area (Å²) >= 11 is 5.72. The maximum absolute atomic E-state index is 5.72. The first kappa shape index (κ1) is 11.1. The Kier molecular flexibility index (Phi) is 2.68. The maximum atomic E-state index is 5.72. The molecule has 0 amide bonds. The second kappa shape index (κ2) is 3.87. The van der Waals surface area contributed by atoms with Crippen LogP contribution in [0.4, 0.5) is 0 Å². The summed E-state index contributed by atoms with van der Waals surface area (Å²) in [6.07, 6.45) is 6.88. The zero-order valence-electron chi connectivity index (χ0n) is 9.48. The molecule has 2 rings (SSSR count). The van der Waals surface area contributed by atoms with E-state index in [2.05, 4.69) is 35.8 Å². The molecule has 84 valence electrons. The van der Waals surface area contributed by atoms with Gasteiger partial charge in [-0.25, -0.2) is 14.6 Å². The minimum absolute atomic E-state index is 0.0741. The van der Waals surface area contributed by atoms with Crippen molar-refractivity contribution in [2.75, 3.05) is 0 Å². The van der Waals surface area contributed by atoms with Crippen LogP contribution in [0.25, 0.3) is 5.95 Å². The van der Waals surface area contributed by atoms with Crippen LogP contribution in [0.15, 0.2) is 24.8 Å². The van der Waals surface area contributed by atoms with Crippen molar-refractivity contribution in [2.45, 2.75) is 26.2 Å². The molecule has 0 atom stereocenters. The minimum Gasteiger partial charge on any atom is -0.218 e. The Morgan fingerprint density at radius 3 is 2.25 bits per heavy atom. The highest BCUT2D eigenvalue weighted by Crippen LogP contribution is 2.21. The summed E-state index contributed by atoms with van der Waals surface area (Å²) in [4.78, 5) is 8.20. The van der Waals surface area contributed by atoms with E-state index in [0.29, 0.717) is 11.0 Å². The van der Waals surface area contributed by atoms with Crippen LogP contribution in [0.2, 0.25) is 5.02 Å². The van der Waals surface area contributed by atoms with Crippen LogP contribution >= 0.6 is 11.6 Å². The summed E-state index contributed by atoms with van der Waals surface area (Å²) < 4.78 is 1.65. The van der Waals surface area contributed by atoms with Gasteiger partial charge in [0, 0.05) is 6.20 Å². The van der Waals surface area contributed by atoms with Gasteiger partial charge in [-0.05, 0) is 11.0 Å². The van der Waals surface area contributed by atoms with E-state index < -0.39 is 0 Å². The Balaban J connectivity index is 2.35. The lowest BCUT2D eigenvalue weighted by atomic mass is 9.90. The van der Waals surface area contributed by atoms with Gasteiger partial charge in [-0.2, -0.15) is 5.10 Å². The molecule has 0 fully saturated rings. The molecule has 0 bridgehead atoms. The van der Waals surface area contributed by atoms with Crippen LogP contribution in [0, 0.1) is 0 Å². The van der Waals surface area contributed by atoms with Gasteiger partial charge in [-0.1, -0.05) is 32.4 Å². The molecule has 0 saturated carbocycles. The Hall–Kier alpha value is -1.42. The normalized spacial score (nSPS) is 11.8. The van der Waals surface area contributed by atoms with Crippen molar-refractivity contribution in [1.29, 1.82) is 0 Å². The third-order valence-electron chi connectivity index (χ3n) is 2.26. The molecule has 0 aliphatic heterocycles. The van der Waals surface area contributed by atoms with E-state index in [-0.39, 0.29) is 5.41 Å².